The molecule has 0 spiro atoms. The number of rotatable bonds is 3. The van der Waals surface area contributed by atoms with Crippen LogP contribution in [0.2, 0.25) is 0 Å². The van der Waals surface area contributed by atoms with Crippen LogP contribution in [0.25, 0.3) is 17.0 Å². The molecule has 0 radical (unpaired) electrons. The Morgan fingerprint density at radius 1 is 1.13 bits per heavy atom. The average molecular weight is 306 g/mol. The van der Waals surface area contributed by atoms with Crippen LogP contribution in [0.5, 0.6) is 0 Å². The first-order chi connectivity index (χ1) is 11.3. The van der Waals surface area contributed by atoms with E-state index in [1.54, 1.807) is 0 Å². The number of fused-ring (bicyclic) bond motifs is 1. The van der Waals surface area contributed by atoms with Crippen molar-refractivity contribution >= 4 is 11.5 Å². The molecule has 0 atom stereocenters. The highest BCUT2D eigenvalue weighted by molar-refractivity contribution is 5.74. The van der Waals surface area contributed by atoms with Gasteiger partial charge in [0.2, 0.25) is 0 Å². The van der Waals surface area contributed by atoms with E-state index >= 15 is 0 Å². The molecule has 0 bridgehead atoms. The van der Waals surface area contributed by atoms with Crippen molar-refractivity contribution in [3.8, 4) is 11.4 Å². The molecule has 23 heavy (non-hydrogen) atoms. The van der Waals surface area contributed by atoms with Gasteiger partial charge in [0.05, 0.1) is 5.69 Å². The van der Waals surface area contributed by atoms with E-state index < -0.39 is 0 Å². The van der Waals surface area contributed by atoms with Gasteiger partial charge >= 0.3 is 0 Å². The number of nitrogens with one attached hydrogen (secondary N) is 1. The molecule has 1 aliphatic rings. The Morgan fingerprint density at radius 2 is 2.00 bits per heavy atom. The van der Waals surface area contributed by atoms with E-state index in [2.05, 4.69) is 40.0 Å². The molecule has 3 aromatic heterocycles. The monoisotopic (exact) mass is 306 g/mol. The molecule has 4 heteroatoms. The molecule has 0 saturated heterocycles. The average Bonchev–Trinajstić information content (AvgIpc) is 2.94. The number of pyridine rings is 2. The number of anilines is 1. The first-order valence-electron chi connectivity index (χ1n) is 8.48. The van der Waals surface area contributed by atoms with Crippen LogP contribution in [0.4, 0.5) is 5.82 Å². The first kappa shape index (κ1) is 14.2. The van der Waals surface area contributed by atoms with E-state index in [0.717, 1.165) is 22.9 Å². The molecule has 4 nitrogen and oxygen atoms in total. The largest absolute Gasteiger partial charge is 0.367 e. The van der Waals surface area contributed by atoms with Gasteiger partial charge in [-0.05, 0) is 49.6 Å². The fourth-order valence-electron chi connectivity index (χ4n) is 3.41. The van der Waals surface area contributed by atoms with Crippen LogP contribution < -0.4 is 5.32 Å². The fourth-order valence-corrected chi connectivity index (χ4v) is 3.41. The minimum atomic E-state index is 0.535. The van der Waals surface area contributed by atoms with Gasteiger partial charge in [-0.2, -0.15) is 0 Å². The second-order valence-electron chi connectivity index (χ2n) is 6.44. The number of hydrogen-bond donors (Lipinski definition) is 1. The molecule has 0 amide bonds. The molecule has 1 N–H and O–H groups in total. The van der Waals surface area contributed by atoms with Gasteiger partial charge in [0, 0.05) is 18.4 Å². The Balaban J connectivity index is 1.81. The lowest BCUT2D eigenvalue weighted by Gasteiger charge is -2.24. The van der Waals surface area contributed by atoms with Gasteiger partial charge in [0.1, 0.15) is 17.2 Å². The van der Waals surface area contributed by atoms with Crippen molar-refractivity contribution in [2.75, 3.05) is 5.32 Å². The Morgan fingerprint density at radius 3 is 2.78 bits per heavy atom. The standard InChI is InChI=1S/C19H22N4/c1-14-10-12-23-17(13-14)22-18(16-9-5-6-11-20-16)19(23)21-15-7-3-2-4-8-15/h5-6,9-13,15,21H,2-4,7-8H2,1H3. The van der Waals surface area contributed by atoms with E-state index in [9.17, 15) is 0 Å². The topological polar surface area (TPSA) is 42.2 Å². The summed E-state index contributed by atoms with van der Waals surface area (Å²) in [5, 5.41) is 3.75. The quantitative estimate of drug-likeness (QED) is 0.777. The zero-order valence-electron chi connectivity index (χ0n) is 13.5. The van der Waals surface area contributed by atoms with E-state index in [0.29, 0.717) is 6.04 Å². The van der Waals surface area contributed by atoms with Gasteiger partial charge < -0.3 is 5.32 Å². The summed E-state index contributed by atoms with van der Waals surface area (Å²) in [5.41, 5.74) is 4.07. The smallest absolute Gasteiger partial charge is 0.140 e. The summed E-state index contributed by atoms with van der Waals surface area (Å²) in [6.45, 7) is 2.10. The molecule has 118 valence electrons. The van der Waals surface area contributed by atoms with Crippen molar-refractivity contribution in [2.24, 2.45) is 0 Å². The van der Waals surface area contributed by atoms with Crippen molar-refractivity contribution in [3.63, 3.8) is 0 Å². The minimum Gasteiger partial charge on any atom is -0.367 e. The molecule has 3 heterocycles. The van der Waals surface area contributed by atoms with Crippen molar-refractivity contribution in [3.05, 3.63) is 48.3 Å². The van der Waals surface area contributed by atoms with Crippen LogP contribution in [0, 0.1) is 6.92 Å². The van der Waals surface area contributed by atoms with Gasteiger partial charge in [-0.3, -0.25) is 9.38 Å². The maximum atomic E-state index is 4.85. The lowest BCUT2D eigenvalue weighted by Crippen LogP contribution is -2.23. The molecule has 0 unspecified atom stereocenters. The van der Waals surface area contributed by atoms with Crippen LogP contribution in [-0.4, -0.2) is 20.4 Å². The highest BCUT2D eigenvalue weighted by Crippen LogP contribution is 2.30. The van der Waals surface area contributed by atoms with Crippen molar-refractivity contribution in [2.45, 2.75) is 45.1 Å². The number of nitrogens with zero attached hydrogens (tertiary/aromatic N) is 3. The molecule has 3 aromatic rings. The predicted octanol–water partition coefficient (Wildman–Crippen LogP) is 4.45. The maximum absolute atomic E-state index is 4.85. The Bertz CT molecular complexity index is 801. The normalized spacial score (nSPS) is 15.9. The summed E-state index contributed by atoms with van der Waals surface area (Å²) in [6.07, 6.45) is 10.4. The van der Waals surface area contributed by atoms with Crippen LogP contribution in [0.3, 0.4) is 0 Å². The number of imidazole rings is 1. The third-order valence-electron chi connectivity index (χ3n) is 4.64. The number of hydrogen-bond acceptors (Lipinski definition) is 3. The second kappa shape index (κ2) is 6.03. The zero-order chi connectivity index (χ0) is 15.6. The van der Waals surface area contributed by atoms with Crippen LogP contribution in [0.1, 0.15) is 37.7 Å². The van der Waals surface area contributed by atoms with E-state index in [4.69, 9.17) is 4.98 Å². The molecule has 1 aliphatic carbocycles. The van der Waals surface area contributed by atoms with E-state index in [-0.39, 0.29) is 0 Å². The summed E-state index contributed by atoms with van der Waals surface area (Å²) in [4.78, 5) is 9.35. The minimum absolute atomic E-state index is 0.535. The summed E-state index contributed by atoms with van der Waals surface area (Å²) < 4.78 is 2.16. The third-order valence-corrected chi connectivity index (χ3v) is 4.64. The van der Waals surface area contributed by atoms with Gasteiger partial charge in [-0.15, -0.1) is 0 Å². The summed E-state index contributed by atoms with van der Waals surface area (Å²) >= 11 is 0. The Labute approximate surface area is 136 Å². The molecule has 0 aromatic carbocycles. The Hall–Kier alpha value is -2.36. The van der Waals surface area contributed by atoms with Crippen molar-refractivity contribution < 1.29 is 0 Å². The summed E-state index contributed by atoms with van der Waals surface area (Å²) in [5.74, 6) is 1.07. The van der Waals surface area contributed by atoms with E-state index in [1.807, 2.05) is 24.4 Å². The van der Waals surface area contributed by atoms with Gasteiger partial charge in [0.15, 0.2) is 0 Å². The lowest BCUT2D eigenvalue weighted by atomic mass is 9.95. The van der Waals surface area contributed by atoms with Crippen molar-refractivity contribution in [1.29, 1.82) is 0 Å². The first-order valence-corrected chi connectivity index (χ1v) is 8.48. The third kappa shape index (κ3) is 2.81. The molecule has 1 fully saturated rings. The Kier molecular flexibility index (Phi) is 3.74. The van der Waals surface area contributed by atoms with Gasteiger partial charge in [-0.1, -0.05) is 25.3 Å². The maximum Gasteiger partial charge on any atom is 0.140 e. The molecular weight excluding hydrogens is 284 g/mol. The van der Waals surface area contributed by atoms with Crippen LogP contribution in [0.15, 0.2) is 42.7 Å². The predicted molar refractivity (Wildman–Crippen MR) is 93.7 cm³/mol. The van der Waals surface area contributed by atoms with Crippen LogP contribution in [-0.2, 0) is 0 Å². The number of aryl methyl sites for hydroxylation is 1. The highest BCUT2D eigenvalue weighted by Gasteiger charge is 2.20. The summed E-state index contributed by atoms with van der Waals surface area (Å²) in [7, 11) is 0. The molecule has 0 aliphatic heterocycles. The summed E-state index contributed by atoms with van der Waals surface area (Å²) in [6, 6.07) is 10.8. The fraction of sp³-hybridized carbons (Fsp3) is 0.368. The zero-order valence-corrected chi connectivity index (χ0v) is 13.5. The molecular formula is C19H22N4. The molecule has 1 saturated carbocycles. The highest BCUT2D eigenvalue weighted by atomic mass is 15.1. The number of aromatic nitrogens is 3. The van der Waals surface area contributed by atoms with E-state index in [1.165, 1.54) is 37.7 Å². The van der Waals surface area contributed by atoms with Gasteiger partial charge in [0.25, 0.3) is 0 Å². The lowest BCUT2D eigenvalue weighted by molar-refractivity contribution is 0.461. The van der Waals surface area contributed by atoms with Crippen molar-refractivity contribution in [1.82, 2.24) is 14.4 Å². The SMILES string of the molecule is Cc1ccn2c(NC3CCCCC3)c(-c3ccccn3)nc2c1. The van der Waals surface area contributed by atoms with Crippen LogP contribution >= 0.6 is 0 Å². The second-order valence-corrected chi connectivity index (χ2v) is 6.44. The van der Waals surface area contributed by atoms with Gasteiger partial charge in [-0.25, -0.2) is 4.98 Å². The molecule has 4 rings (SSSR count).